The van der Waals surface area contributed by atoms with E-state index in [9.17, 15) is 9.59 Å². The highest BCUT2D eigenvalue weighted by Crippen LogP contribution is 2.54. The predicted molar refractivity (Wildman–Crippen MR) is 93.5 cm³/mol. The van der Waals surface area contributed by atoms with E-state index in [4.69, 9.17) is 9.15 Å². The van der Waals surface area contributed by atoms with Crippen LogP contribution < -0.4 is 0 Å². The highest BCUT2D eigenvalue weighted by molar-refractivity contribution is 5.92. The van der Waals surface area contributed by atoms with Crippen molar-refractivity contribution in [2.45, 2.75) is 38.7 Å². The van der Waals surface area contributed by atoms with Gasteiger partial charge in [0.05, 0.1) is 17.8 Å². The molecular weight excluding hydrogens is 332 g/mol. The van der Waals surface area contributed by atoms with Gasteiger partial charge in [-0.15, -0.1) is 0 Å². The molecule has 4 aliphatic rings. The molecule has 3 aliphatic heterocycles. The normalized spacial score (nSPS) is 32.1. The first-order valence-corrected chi connectivity index (χ1v) is 9.82. The first-order chi connectivity index (χ1) is 12.6. The number of ether oxygens (including phenoxy) is 1. The molecular formula is C20H26N2O4. The van der Waals surface area contributed by atoms with Gasteiger partial charge in [-0.1, -0.05) is 0 Å². The third-order valence-corrected chi connectivity index (χ3v) is 6.76. The summed E-state index contributed by atoms with van der Waals surface area (Å²) >= 11 is 0. The molecule has 0 radical (unpaired) electrons. The van der Waals surface area contributed by atoms with Gasteiger partial charge in [0.15, 0.2) is 5.76 Å². The van der Waals surface area contributed by atoms with Crippen LogP contribution in [0.15, 0.2) is 16.7 Å². The molecule has 0 aromatic carbocycles. The third-order valence-electron chi connectivity index (χ3n) is 6.76. The maximum absolute atomic E-state index is 13.1. The van der Waals surface area contributed by atoms with Crippen LogP contribution in [-0.2, 0) is 9.53 Å². The van der Waals surface area contributed by atoms with Gasteiger partial charge < -0.3 is 19.0 Å². The van der Waals surface area contributed by atoms with Crippen LogP contribution in [0.2, 0.25) is 0 Å². The zero-order valence-corrected chi connectivity index (χ0v) is 15.3. The van der Waals surface area contributed by atoms with E-state index >= 15 is 0 Å². The van der Waals surface area contributed by atoms with Crippen molar-refractivity contribution in [2.75, 3.05) is 32.8 Å². The lowest BCUT2D eigenvalue weighted by molar-refractivity contribution is -0.141. The molecule has 0 N–H and O–H groups in total. The fourth-order valence-corrected chi connectivity index (χ4v) is 5.16. The maximum atomic E-state index is 13.1. The Bertz CT molecular complexity index is 718. The fourth-order valence-electron chi connectivity index (χ4n) is 5.16. The molecule has 5 rings (SSSR count). The van der Waals surface area contributed by atoms with Gasteiger partial charge in [0.1, 0.15) is 0 Å². The molecule has 0 spiro atoms. The number of furan rings is 1. The summed E-state index contributed by atoms with van der Waals surface area (Å²) in [6, 6.07) is 1.80. The van der Waals surface area contributed by atoms with Crippen LogP contribution in [0.25, 0.3) is 0 Å². The minimum atomic E-state index is -0.226. The Labute approximate surface area is 153 Å². The van der Waals surface area contributed by atoms with Crippen LogP contribution in [-0.4, -0.2) is 60.5 Å². The van der Waals surface area contributed by atoms with Gasteiger partial charge >= 0.3 is 0 Å². The quantitative estimate of drug-likeness (QED) is 0.830. The lowest BCUT2D eigenvalue weighted by Gasteiger charge is -2.28. The Hall–Kier alpha value is -1.82. The third kappa shape index (κ3) is 2.49. The number of amides is 2. The minimum Gasteiger partial charge on any atom is -0.459 e. The van der Waals surface area contributed by atoms with Gasteiger partial charge in [-0.05, 0) is 44.2 Å². The van der Waals surface area contributed by atoms with Crippen molar-refractivity contribution in [3.05, 3.63) is 23.7 Å². The molecule has 6 heteroatoms. The van der Waals surface area contributed by atoms with Gasteiger partial charge in [0.2, 0.25) is 5.91 Å². The second kappa shape index (κ2) is 5.84. The molecule has 140 valence electrons. The number of hydrogen-bond acceptors (Lipinski definition) is 4. The maximum Gasteiger partial charge on any atom is 0.289 e. The summed E-state index contributed by atoms with van der Waals surface area (Å²) in [6.45, 7) is 5.72. The summed E-state index contributed by atoms with van der Waals surface area (Å²) in [5, 5.41) is 0. The smallest absolute Gasteiger partial charge is 0.289 e. The van der Waals surface area contributed by atoms with Crippen LogP contribution in [0.4, 0.5) is 0 Å². The van der Waals surface area contributed by atoms with E-state index in [0.29, 0.717) is 23.5 Å². The molecule has 3 saturated heterocycles. The van der Waals surface area contributed by atoms with Gasteiger partial charge in [0, 0.05) is 44.6 Å². The van der Waals surface area contributed by atoms with E-state index in [1.807, 2.05) is 11.8 Å². The van der Waals surface area contributed by atoms with Gasteiger partial charge in [-0.25, -0.2) is 0 Å². The Morgan fingerprint density at radius 3 is 2.35 bits per heavy atom. The van der Waals surface area contributed by atoms with Crippen molar-refractivity contribution in [3.63, 3.8) is 0 Å². The molecule has 3 atom stereocenters. The van der Waals surface area contributed by atoms with Crippen molar-refractivity contribution in [3.8, 4) is 0 Å². The lowest BCUT2D eigenvalue weighted by Crippen LogP contribution is -2.43. The number of aryl methyl sites for hydroxylation is 1. The number of carbonyl (C=O) groups excluding carboxylic acids is 2. The molecule has 1 aromatic heterocycles. The van der Waals surface area contributed by atoms with Crippen LogP contribution >= 0.6 is 0 Å². The SMILES string of the molecule is Cc1coc(C(=O)N2C[C@@H]3CN(C(=O)C4(C5CCCO5)CC4)C[C@@H]3C2)c1. The van der Waals surface area contributed by atoms with E-state index in [1.54, 1.807) is 12.3 Å². The van der Waals surface area contributed by atoms with Crippen molar-refractivity contribution in [1.29, 1.82) is 0 Å². The van der Waals surface area contributed by atoms with E-state index in [2.05, 4.69) is 4.90 Å². The average Bonchev–Trinajstić information content (AvgIpc) is 3.08. The molecule has 1 aromatic rings. The molecule has 2 amide bonds. The van der Waals surface area contributed by atoms with Crippen molar-refractivity contribution < 1.29 is 18.7 Å². The van der Waals surface area contributed by atoms with Gasteiger partial charge in [0.25, 0.3) is 5.91 Å². The molecule has 1 saturated carbocycles. The molecule has 0 bridgehead atoms. The Kier molecular flexibility index (Phi) is 3.68. The highest BCUT2D eigenvalue weighted by atomic mass is 16.5. The summed E-state index contributed by atoms with van der Waals surface area (Å²) in [7, 11) is 0. The summed E-state index contributed by atoms with van der Waals surface area (Å²) in [6.07, 6.45) is 5.81. The number of nitrogens with zero attached hydrogens (tertiary/aromatic N) is 2. The number of fused-ring (bicyclic) bond motifs is 1. The van der Waals surface area contributed by atoms with Crippen LogP contribution in [0, 0.1) is 24.2 Å². The number of carbonyl (C=O) groups is 2. The van der Waals surface area contributed by atoms with Crippen LogP contribution in [0.1, 0.15) is 41.8 Å². The summed E-state index contributed by atoms with van der Waals surface area (Å²) in [5.74, 6) is 1.48. The molecule has 1 unspecified atom stereocenters. The van der Waals surface area contributed by atoms with Crippen LogP contribution in [0.5, 0.6) is 0 Å². The van der Waals surface area contributed by atoms with Gasteiger partial charge in [-0.3, -0.25) is 9.59 Å². The van der Waals surface area contributed by atoms with E-state index in [0.717, 1.165) is 64.0 Å². The van der Waals surface area contributed by atoms with Gasteiger partial charge in [-0.2, -0.15) is 0 Å². The van der Waals surface area contributed by atoms with E-state index in [-0.39, 0.29) is 17.4 Å². The van der Waals surface area contributed by atoms with Crippen molar-refractivity contribution in [1.82, 2.24) is 9.80 Å². The molecule has 4 fully saturated rings. The molecule has 6 nitrogen and oxygen atoms in total. The topological polar surface area (TPSA) is 63.0 Å². The standard InChI is InChI=1S/C20H26N2O4/c1-13-7-16(26-12-13)18(23)21-8-14-10-22(11-15(14)9-21)19(24)20(4-5-20)17-3-2-6-25-17/h7,12,14-15,17H,2-6,8-11H2,1H3/t14-,15+,17?. The Balaban J connectivity index is 1.22. The molecule has 4 heterocycles. The Morgan fingerprint density at radius 2 is 1.81 bits per heavy atom. The number of likely N-dealkylation sites (tertiary alicyclic amines) is 2. The largest absolute Gasteiger partial charge is 0.459 e. The van der Waals surface area contributed by atoms with E-state index in [1.165, 1.54) is 0 Å². The average molecular weight is 358 g/mol. The molecule has 1 aliphatic carbocycles. The number of hydrogen-bond donors (Lipinski definition) is 0. The second-order valence-electron chi connectivity index (χ2n) is 8.59. The van der Waals surface area contributed by atoms with Crippen LogP contribution in [0.3, 0.4) is 0 Å². The summed E-state index contributed by atoms with van der Waals surface area (Å²) in [5.41, 5.74) is 0.740. The summed E-state index contributed by atoms with van der Waals surface area (Å²) < 4.78 is 11.2. The Morgan fingerprint density at radius 1 is 1.12 bits per heavy atom. The lowest BCUT2D eigenvalue weighted by atomic mass is 9.95. The molecule has 26 heavy (non-hydrogen) atoms. The fraction of sp³-hybridized carbons (Fsp3) is 0.700. The first-order valence-electron chi connectivity index (χ1n) is 9.82. The first kappa shape index (κ1) is 16.4. The highest BCUT2D eigenvalue weighted by Gasteiger charge is 2.59. The minimum absolute atomic E-state index is 0.0246. The van der Waals surface area contributed by atoms with Crippen molar-refractivity contribution >= 4 is 11.8 Å². The second-order valence-corrected chi connectivity index (χ2v) is 8.59. The van der Waals surface area contributed by atoms with E-state index < -0.39 is 0 Å². The monoisotopic (exact) mass is 358 g/mol. The zero-order chi connectivity index (χ0) is 17.9. The zero-order valence-electron chi connectivity index (χ0n) is 15.3. The van der Waals surface area contributed by atoms with Crippen molar-refractivity contribution in [2.24, 2.45) is 17.3 Å². The predicted octanol–water partition coefficient (Wildman–Crippen LogP) is 2.08. The number of rotatable bonds is 3. The summed E-state index contributed by atoms with van der Waals surface area (Å²) in [4.78, 5) is 29.7.